The predicted molar refractivity (Wildman–Crippen MR) is 142 cm³/mol. The van der Waals surface area contributed by atoms with E-state index in [1.54, 1.807) is 6.07 Å². The lowest BCUT2D eigenvalue weighted by Gasteiger charge is -2.44. The van der Waals surface area contributed by atoms with E-state index < -0.39 is 16.7 Å². The van der Waals surface area contributed by atoms with Crippen molar-refractivity contribution in [3.63, 3.8) is 0 Å². The SMILES string of the molecule is Cc1ccc(/C=C2\CN3C[C@@]4(C2=O)[C@@H](c2ccc(C)cc2)CN(C)[C@]42C(=O)c4ccccc4[C@]32O)cc1. The maximum Gasteiger partial charge on any atom is 0.189 e. The van der Waals surface area contributed by atoms with Gasteiger partial charge in [-0.2, -0.15) is 0 Å². The molecule has 5 heteroatoms. The molecular weight excluding hydrogens is 460 g/mol. The second-order valence-electron chi connectivity index (χ2n) is 11.3. The van der Waals surface area contributed by atoms with E-state index in [1.165, 1.54) is 0 Å². The molecule has 3 aromatic carbocycles. The van der Waals surface area contributed by atoms with E-state index in [0.29, 0.717) is 36.3 Å². The van der Waals surface area contributed by atoms with Gasteiger partial charge in [0.05, 0.1) is 5.41 Å². The van der Waals surface area contributed by atoms with Crippen molar-refractivity contribution < 1.29 is 14.7 Å². The normalized spacial score (nSPS) is 35.1. The molecule has 1 unspecified atom stereocenters. The summed E-state index contributed by atoms with van der Waals surface area (Å²) in [6.45, 7) is 5.24. The van der Waals surface area contributed by atoms with Gasteiger partial charge in [-0.15, -0.1) is 0 Å². The Morgan fingerprint density at radius 3 is 2.24 bits per heavy atom. The number of likely N-dealkylation sites (tertiary alicyclic amines) is 1. The molecule has 186 valence electrons. The molecule has 0 saturated carbocycles. The van der Waals surface area contributed by atoms with Crippen LogP contribution < -0.4 is 0 Å². The van der Waals surface area contributed by atoms with Gasteiger partial charge in [-0.05, 0) is 38.1 Å². The number of rotatable bonds is 2. The maximum atomic E-state index is 14.8. The zero-order valence-electron chi connectivity index (χ0n) is 21.4. The van der Waals surface area contributed by atoms with Crippen molar-refractivity contribution in [3.05, 3.63) is 112 Å². The molecule has 3 heterocycles. The van der Waals surface area contributed by atoms with Gasteiger partial charge in [-0.3, -0.25) is 19.4 Å². The average Bonchev–Trinajstić information content (AvgIpc) is 3.36. The number of fused-ring (bicyclic) bond motifs is 4. The first kappa shape index (κ1) is 22.8. The molecule has 5 atom stereocenters. The van der Waals surface area contributed by atoms with Crippen LogP contribution in [0.1, 0.15) is 44.1 Å². The van der Waals surface area contributed by atoms with Crippen LogP contribution in [0.25, 0.3) is 6.08 Å². The van der Waals surface area contributed by atoms with Gasteiger partial charge in [-0.25, -0.2) is 0 Å². The molecule has 0 amide bonds. The summed E-state index contributed by atoms with van der Waals surface area (Å²) in [5.74, 6) is -0.395. The van der Waals surface area contributed by atoms with Crippen molar-refractivity contribution >= 4 is 17.6 Å². The Morgan fingerprint density at radius 2 is 1.54 bits per heavy atom. The van der Waals surface area contributed by atoms with Gasteiger partial charge in [0.15, 0.2) is 17.3 Å². The molecule has 0 aromatic heterocycles. The molecule has 3 fully saturated rings. The zero-order chi connectivity index (χ0) is 25.7. The number of piperidine rings is 1. The first-order chi connectivity index (χ1) is 17.7. The van der Waals surface area contributed by atoms with Gasteiger partial charge in [-0.1, -0.05) is 83.9 Å². The fourth-order valence-electron chi connectivity index (χ4n) is 7.98. The fourth-order valence-corrected chi connectivity index (χ4v) is 7.98. The number of ketones is 2. The third-order valence-electron chi connectivity index (χ3n) is 9.50. The van der Waals surface area contributed by atoms with Crippen molar-refractivity contribution in [2.75, 3.05) is 26.7 Å². The van der Waals surface area contributed by atoms with E-state index in [2.05, 4.69) is 24.3 Å². The van der Waals surface area contributed by atoms with Crippen LogP contribution in [0.4, 0.5) is 0 Å². The number of likely N-dealkylation sites (N-methyl/N-ethyl adjacent to an activating group) is 1. The Kier molecular flexibility index (Phi) is 4.53. The van der Waals surface area contributed by atoms with Crippen LogP contribution in [0.3, 0.4) is 0 Å². The van der Waals surface area contributed by atoms with Crippen LogP contribution in [0.2, 0.25) is 0 Å². The van der Waals surface area contributed by atoms with Crippen molar-refractivity contribution in [3.8, 4) is 0 Å². The van der Waals surface area contributed by atoms with Crippen LogP contribution in [-0.2, 0) is 10.5 Å². The van der Waals surface area contributed by atoms with E-state index in [0.717, 1.165) is 22.3 Å². The monoisotopic (exact) mass is 490 g/mol. The first-order valence-electron chi connectivity index (χ1n) is 13.0. The van der Waals surface area contributed by atoms with Gasteiger partial charge >= 0.3 is 0 Å². The van der Waals surface area contributed by atoms with Crippen molar-refractivity contribution in [2.24, 2.45) is 5.41 Å². The summed E-state index contributed by atoms with van der Waals surface area (Å²) in [7, 11) is 1.91. The summed E-state index contributed by atoms with van der Waals surface area (Å²) in [5.41, 5.74) is 1.97. The second kappa shape index (κ2) is 7.35. The minimum absolute atomic E-state index is 0.0173. The van der Waals surface area contributed by atoms with Crippen LogP contribution in [0.15, 0.2) is 78.4 Å². The summed E-state index contributed by atoms with van der Waals surface area (Å²) in [6, 6.07) is 23.8. The molecule has 0 radical (unpaired) electrons. The molecule has 7 rings (SSSR count). The number of hydrogen-bond donors (Lipinski definition) is 1. The molecule has 1 aliphatic carbocycles. The van der Waals surface area contributed by atoms with Crippen LogP contribution >= 0.6 is 0 Å². The number of benzene rings is 3. The van der Waals surface area contributed by atoms with Gasteiger partial charge in [0.1, 0.15) is 5.54 Å². The van der Waals surface area contributed by atoms with Crippen molar-refractivity contribution in [1.29, 1.82) is 0 Å². The summed E-state index contributed by atoms with van der Waals surface area (Å²) >= 11 is 0. The summed E-state index contributed by atoms with van der Waals surface area (Å²) in [6.07, 6.45) is 1.95. The number of nitrogens with zero attached hydrogens (tertiary/aromatic N) is 2. The highest BCUT2D eigenvalue weighted by atomic mass is 16.3. The predicted octanol–water partition coefficient (Wildman–Crippen LogP) is 4.08. The highest BCUT2D eigenvalue weighted by molar-refractivity contribution is 6.18. The zero-order valence-corrected chi connectivity index (χ0v) is 21.4. The van der Waals surface area contributed by atoms with E-state index in [1.807, 2.05) is 79.2 Å². The lowest BCUT2D eigenvalue weighted by molar-refractivity contribution is -0.145. The number of carbonyl (C=O) groups excluding carboxylic acids is 2. The van der Waals surface area contributed by atoms with E-state index in [4.69, 9.17) is 0 Å². The Balaban J connectivity index is 1.51. The lowest BCUT2D eigenvalue weighted by atomic mass is 9.58. The molecule has 2 spiro atoms. The summed E-state index contributed by atoms with van der Waals surface area (Å²) in [4.78, 5) is 33.3. The van der Waals surface area contributed by atoms with Crippen molar-refractivity contribution in [1.82, 2.24) is 9.80 Å². The van der Waals surface area contributed by atoms with E-state index in [9.17, 15) is 14.7 Å². The minimum Gasteiger partial charge on any atom is -0.369 e. The largest absolute Gasteiger partial charge is 0.369 e. The molecule has 37 heavy (non-hydrogen) atoms. The summed E-state index contributed by atoms with van der Waals surface area (Å²) < 4.78 is 0. The number of aliphatic hydroxyl groups is 1. The quantitative estimate of drug-likeness (QED) is 0.549. The highest BCUT2D eigenvalue weighted by Crippen LogP contribution is 2.71. The average molecular weight is 491 g/mol. The smallest absolute Gasteiger partial charge is 0.189 e. The maximum absolute atomic E-state index is 14.8. The molecule has 3 saturated heterocycles. The fraction of sp³-hybridized carbons (Fsp3) is 0.312. The Labute approximate surface area is 217 Å². The van der Waals surface area contributed by atoms with E-state index in [-0.39, 0.29) is 17.5 Å². The second-order valence-corrected chi connectivity index (χ2v) is 11.3. The topological polar surface area (TPSA) is 60.9 Å². The first-order valence-corrected chi connectivity index (χ1v) is 13.0. The van der Waals surface area contributed by atoms with Crippen LogP contribution in [-0.4, -0.2) is 58.7 Å². The lowest BCUT2D eigenvalue weighted by Crippen LogP contribution is -2.66. The number of hydrogen-bond acceptors (Lipinski definition) is 5. The molecule has 3 aromatic rings. The molecule has 2 bridgehead atoms. The Hall–Kier alpha value is -3.38. The van der Waals surface area contributed by atoms with Gasteiger partial charge in [0.25, 0.3) is 0 Å². The Morgan fingerprint density at radius 1 is 0.892 bits per heavy atom. The molecule has 5 nitrogen and oxygen atoms in total. The number of Topliss-reactive ketones (excluding diaryl/α,β-unsaturated/α-hetero) is 2. The molecule has 3 aliphatic heterocycles. The number of carbonyl (C=O) groups is 2. The van der Waals surface area contributed by atoms with Gasteiger partial charge < -0.3 is 5.11 Å². The van der Waals surface area contributed by atoms with Crippen LogP contribution in [0, 0.1) is 19.3 Å². The molecule has 1 N–H and O–H groups in total. The Bertz CT molecular complexity index is 1510. The highest BCUT2D eigenvalue weighted by Gasteiger charge is 2.87. The molecular formula is C32H30N2O3. The standard InChI is InChI=1S/C32H30N2O3/c1-20-8-12-22(13-9-20)16-24-17-34-19-30(28(24)35)27(23-14-10-21(2)11-15-23)18-33(3)31(30)29(36)25-6-4-5-7-26(25)32(31,34)37/h4-16,27,37H,17-19H2,1-3H3/b24-16+/t27-,30+,31-,32-/m1/s1. The number of aryl methyl sites for hydroxylation is 2. The third-order valence-corrected chi connectivity index (χ3v) is 9.50. The van der Waals surface area contributed by atoms with Crippen LogP contribution in [0.5, 0.6) is 0 Å². The summed E-state index contributed by atoms with van der Waals surface area (Å²) in [5, 5.41) is 12.8. The minimum atomic E-state index is -1.59. The van der Waals surface area contributed by atoms with Gasteiger partial charge in [0.2, 0.25) is 0 Å². The third kappa shape index (κ3) is 2.50. The van der Waals surface area contributed by atoms with Gasteiger partial charge in [0, 0.05) is 42.3 Å². The van der Waals surface area contributed by atoms with E-state index >= 15 is 0 Å². The molecule has 4 aliphatic rings. The van der Waals surface area contributed by atoms with Crippen molar-refractivity contribution in [2.45, 2.75) is 31.0 Å².